The quantitative estimate of drug-likeness (QED) is 0.688. The van der Waals surface area contributed by atoms with Gasteiger partial charge in [-0.1, -0.05) is 23.7 Å². The van der Waals surface area contributed by atoms with Crippen LogP contribution in [0.2, 0.25) is 5.02 Å². The van der Waals surface area contributed by atoms with Crippen LogP contribution in [0.5, 0.6) is 5.75 Å². The first-order valence-corrected chi connectivity index (χ1v) is 6.83. The van der Waals surface area contributed by atoms with Crippen LogP contribution in [0.15, 0.2) is 54.1 Å². The van der Waals surface area contributed by atoms with Gasteiger partial charge in [-0.15, -0.1) is 0 Å². The first-order valence-electron chi connectivity index (χ1n) is 6.45. The van der Waals surface area contributed by atoms with E-state index in [0.29, 0.717) is 16.5 Å². The minimum absolute atomic E-state index is 0.0122. The summed E-state index contributed by atoms with van der Waals surface area (Å²) in [7, 11) is 1.57. The zero-order valence-electron chi connectivity index (χ0n) is 11.8. The lowest BCUT2D eigenvalue weighted by molar-refractivity contribution is -0.112. The number of nitrogens with zero attached hydrogens (tertiary/aromatic N) is 1. The molecule has 0 saturated heterocycles. The maximum Gasteiger partial charge on any atom is 0.266 e. The van der Waals surface area contributed by atoms with E-state index < -0.39 is 5.91 Å². The Hall–Kier alpha value is -2.77. The molecular formula is C17H13ClN2O2. The molecule has 2 rings (SSSR count). The summed E-state index contributed by atoms with van der Waals surface area (Å²) in [6, 6.07) is 15.6. The molecule has 0 saturated carbocycles. The molecule has 22 heavy (non-hydrogen) atoms. The van der Waals surface area contributed by atoms with Gasteiger partial charge in [0.15, 0.2) is 0 Å². The number of amides is 1. The van der Waals surface area contributed by atoms with E-state index in [1.807, 2.05) is 6.07 Å². The van der Waals surface area contributed by atoms with Crippen molar-refractivity contribution < 1.29 is 9.53 Å². The van der Waals surface area contributed by atoms with Crippen LogP contribution in [0, 0.1) is 11.3 Å². The third kappa shape index (κ3) is 4.11. The van der Waals surface area contributed by atoms with Gasteiger partial charge in [0.25, 0.3) is 5.91 Å². The summed E-state index contributed by atoms with van der Waals surface area (Å²) in [6.45, 7) is 0. The van der Waals surface area contributed by atoms with Crippen LogP contribution >= 0.6 is 11.6 Å². The summed E-state index contributed by atoms with van der Waals surface area (Å²) < 4.78 is 5.04. The number of carbonyl (C=O) groups is 1. The Kier molecular flexibility index (Phi) is 5.18. The minimum atomic E-state index is -0.470. The Morgan fingerprint density at radius 1 is 1.18 bits per heavy atom. The number of nitrogens with one attached hydrogen (secondary N) is 1. The second-order valence-corrected chi connectivity index (χ2v) is 4.84. The molecule has 110 valence electrons. The summed E-state index contributed by atoms with van der Waals surface area (Å²) >= 11 is 5.80. The largest absolute Gasteiger partial charge is 0.497 e. The van der Waals surface area contributed by atoms with Crippen molar-refractivity contribution >= 4 is 29.3 Å². The third-order valence-corrected chi connectivity index (χ3v) is 3.15. The molecule has 0 heterocycles. The van der Waals surface area contributed by atoms with Gasteiger partial charge < -0.3 is 10.1 Å². The zero-order valence-corrected chi connectivity index (χ0v) is 12.6. The molecular weight excluding hydrogens is 300 g/mol. The van der Waals surface area contributed by atoms with Crippen LogP contribution in [0.25, 0.3) is 6.08 Å². The molecule has 1 N–H and O–H groups in total. The molecule has 0 aromatic heterocycles. The average Bonchev–Trinajstić information content (AvgIpc) is 2.55. The molecule has 5 heteroatoms. The van der Waals surface area contributed by atoms with Gasteiger partial charge in [0, 0.05) is 10.7 Å². The predicted octanol–water partition coefficient (Wildman–Crippen LogP) is 3.89. The van der Waals surface area contributed by atoms with Crippen molar-refractivity contribution in [1.82, 2.24) is 0 Å². The molecule has 0 aliphatic carbocycles. The van der Waals surface area contributed by atoms with Crippen molar-refractivity contribution in [2.24, 2.45) is 0 Å². The molecule has 0 fully saturated rings. The molecule has 0 aliphatic heterocycles. The van der Waals surface area contributed by atoms with Crippen LogP contribution in [0.1, 0.15) is 5.56 Å². The summed E-state index contributed by atoms with van der Waals surface area (Å²) in [5, 5.41) is 12.4. The van der Waals surface area contributed by atoms with Crippen molar-refractivity contribution in [2.45, 2.75) is 0 Å². The fourth-order valence-electron chi connectivity index (χ4n) is 1.75. The van der Waals surface area contributed by atoms with Crippen molar-refractivity contribution in [3.63, 3.8) is 0 Å². The van der Waals surface area contributed by atoms with E-state index in [2.05, 4.69) is 5.32 Å². The number of hydrogen-bond donors (Lipinski definition) is 1. The molecule has 0 radical (unpaired) electrons. The van der Waals surface area contributed by atoms with Gasteiger partial charge in [-0.05, 0) is 48.0 Å². The van der Waals surface area contributed by atoms with Crippen LogP contribution in [0.3, 0.4) is 0 Å². The standard InChI is InChI=1S/C17H13ClN2O2/c1-22-16-8-6-15(7-9-16)20-17(21)13(11-19)10-12-2-4-14(18)5-3-12/h2-10H,1H3,(H,20,21). The first-order chi connectivity index (χ1) is 10.6. The Morgan fingerprint density at radius 3 is 2.36 bits per heavy atom. The number of nitriles is 1. The van der Waals surface area contributed by atoms with E-state index in [9.17, 15) is 4.79 Å². The number of rotatable bonds is 4. The molecule has 0 aliphatic rings. The zero-order chi connectivity index (χ0) is 15.9. The number of ether oxygens (including phenoxy) is 1. The lowest BCUT2D eigenvalue weighted by Crippen LogP contribution is -2.13. The Labute approximate surface area is 133 Å². The summed E-state index contributed by atoms with van der Waals surface area (Å²) in [6.07, 6.45) is 1.51. The number of hydrogen-bond acceptors (Lipinski definition) is 3. The third-order valence-electron chi connectivity index (χ3n) is 2.89. The molecule has 4 nitrogen and oxygen atoms in total. The maximum absolute atomic E-state index is 12.1. The van der Waals surface area contributed by atoms with E-state index in [-0.39, 0.29) is 5.57 Å². The van der Waals surface area contributed by atoms with Crippen molar-refractivity contribution in [2.75, 3.05) is 12.4 Å². The van der Waals surface area contributed by atoms with Gasteiger partial charge in [0.05, 0.1) is 7.11 Å². The van der Waals surface area contributed by atoms with Crippen LogP contribution in [-0.2, 0) is 4.79 Å². The molecule has 2 aromatic carbocycles. The van der Waals surface area contributed by atoms with Crippen LogP contribution < -0.4 is 10.1 Å². The number of halogens is 1. The Bertz CT molecular complexity index is 729. The number of anilines is 1. The monoisotopic (exact) mass is 312 g/mol. The summed E-state index contributed by atoms with van der Waals surface area (Å²) in [4.78, 5) is 12.1. The van der Waals surface area contributed by atoms with Gasteiger partial charge in [-0.3, -0.25) is 4.79 Å². The fourth-order valence-corrected chi connectivity index (χ4v) is 1.87. The molecule has 1 amide bonds. The van der Waals surface area contributed by atoms with E-state index in [1.165, 1.54) is 6.08 Å². The lowest BCUT2D eigenvalue weighted by Gasteiger charge is -2.05. The highest BCUT2D eigenvalue weighted by Crippen LogP contribution is 2.17. The Balaban J connectivity index is 2.14. The fraction of sp³-hybridized carbons (Fsp3) is 0.0588. The summed E-state index contributed by atoms with van der Waals surface area (Å²) in [5.74, 6) is 0.220. The molecule has 0 unspecified atom stereocenters. The normalized spacial score (nSPS) is 10.7. The van der Waals surface area contributed by atoms with Gasteiger partial charge >= 0.3 is 0 Å². The van der Waals surface area contributed by atoms with Gasteiger partial charge in [-0.2, -0.15) is 5.26 Å². The number of carbonyl (C=O) groups excluding carboxylic acids is 1. The highest BCUT2D eigenvalue weighted by Gasteiger charge is 2.09. The maximum atomic E-state index is 12.1. The van der Waals surface area contributed by atoms with E-state index in [0.717, 1.165) is 5.56 Å². The van der Waals surface area contributed by atoms with Crippen molar-refractivity contribution in [3.05, 3.63) is 64.7 Å². The minimum Gasteiger partial charge on any atom is -0.497 e. The molecule has 2 aromatic rings. The summed E-state index contributed by atoms with van der Waals surface area (Å²) in [5.41, 5.74) is 1.33. The van der Waals surface area contributed by atoms with Crippen molar-refractivity contribution in [1.29, 1.82) is 5.26 Å². The SMILES string of the molecule is COc1ccc(NC(=O)C(C#N)=Cc2ccc(Cl)cc2)cc1. The van der Waals surface area contributed by atoms with Crippen LogP contribution in [-0.4, -0.2) is 13.0 Å². The first kappa shape index (κ1) is 15.6. The molecule has 0 bridgehead atoms. The predicted molar refractivity (Wildman–Crippen MR) is 86.7 cm³/mol. The Morgan fingerprint density at radius 2 is 1.82 bits per heavy atom. The van der Waals surface area contributed by atoms with Gasteiger partial charge in [0.2, 0.25) is 0 Å². The second kappa shape index (κ2) is 7.30. The van der Waals surface area contributed by atoms with Crippen molar-refractivity contribution in [3.8, 4) is 11.8 Å². The van der Waals surface area contributed by atoms with E-state index in [1.54, 1.807) is 55.6 Å². The number of benzene rings is 2. The topological polar surface area (TPSA) is 62.1 Å². The van der Waals surface area contributed by atoms with Gasteiger partial charge in [-0.25, -0.2) is 0 Å². The highest BCUT2D eigenvalue weighted by atomic mass is 35.5. The van der Waals surface area contributed by atoms with Gasteiger partial charge in [0.1, 0.15) is 17.4 Å². The second-order valence-electron chi connectivity index (χ2n) is 4.40. The lowest BCUT2D eigenvalue weighted by atomic mass is 10.1. The molecule has 0 spiro atoms. The number of methoxy groups -OCH3 is 1. The average molecular weight is 313 g/mol. The van der Waals surface area contributed by atoms with E-state index in [4.69, 9.17) is 21.6 Å². The van der Waals surface area contributed by atoms with E-state index >= 15 is 0 Å². The molecule has 0 atom stereocenters. The highest BCUT2D eigenvalue weighted by molar-refractivity contribution is 6.30. The van der Waals surface area contributed by atoms with Crippen LogP contribution in [0.4, 0.5) is 5.69 Å². The smallest absolute Gasteiger partial charge is 0.266 e.